The third-order valence-electron chi connectivity index (χ3n) is 8.27. The number of nitrogens with zero attached hydrogens (tertiary/aromatic N) is 3. The molecular formula is C31H34F7N3O4. The molecule has 2 heterocycles. The number of benzene rings is 2. The first-order valence-electron chi connectivity index (χ1n) is 14.3. The Morgan fingerprint density at radius 3 is 2.16 bits per heavy atom. The molecule has 0 aliphatic carbocycles. The number of halogens is 7. The van der Waals surface area contributed by atoms with Gasteiger partial charge in [-0.25, -0.2) is 14.1 Å². The van der Waals surface area contributed by atoms with Gasteiger partial charge in [0, 0.05) is 38.5 Å². The predicted molar refractivity (Wildman–Crippen MR) is 148 cm³/mol. The molecule has 2 aromatic rings. The van der Waals surface area contributed by atoms with E-state index < -0.39 is 71.2 Å². The van der Waals surface area contributed by atoms with Crippen molar-refractivity contribution in [3.8, 4) is 0 Å². The van der Waals surface area contributed by atoms with Crippen LogP contribution in [0.1, 0.15) is 60.4 Å². The van der Waals surface area contributed by atoms with Crippen molar-refractivity contribution in [3.05, 3.63) is 70.0 Å². The quantitative estimate of drug-likeness (QED) is 0.312. The highest BCUT2D eigenvalue weighted by Gasteiger charge is 2.47. The Hall–Kier alpha value is -3.68. The third kappa shape index (κ3) is 7.77. The number of amides is 3. The molecule has 0 saturated carbocycles. The molecular weight excluding hydrogens is 611 g/mol. The Kier molecular flexibility index (Phi) is 9.58. The third-order valence-corrected chi connectivity index (χ3v) is 8.27. The Balaban J connectivity index is 1.52. The van der Waals surface area contributed by atoms with Gasteiger partial charge in [-0.05, 0) is 93.7 Å². The van der Waals surface area contributed by atoms with Gasteiger partial charge >= 0.3 is 18.4 Å². The minimum absolute atomic E-state index is 0.0395. The molecule has 0 aromatic heterocycles. The number of hydrogen-bond acceptors (Lipinski definition) is 5. The second kappa shape index (κ2) is 12.6. The van der Waals surface area contributed by atoms with E-state index in [0.717, 1.165) is 9.80 Å². The maximum absolute atomic E-state index is 14.0. The van der Waals surface area contributed by atoms with E-state index in [1.54, 1.807) is 13.0 Å². The topological polar surface area (TPSA) is 70.2 Å². The van der Waals surface area contributed by atoms with E-state index in [1.165, 1.54) is 33.0 Å². The lowest BCUT2D eigenvalue weighted by Crippen LogP contribution is -2.46. The Labute approximate surface area is 255 Å². The van der Waals surface area contributed by atoms with E-state index in [-0.39, 0.29) is 18.2 Å². The average molecular weight is 646 g/mol. The number of alkyl halides is 6. The molecule has 7 nitrogen and oxygen atoms in total. The smallest absolute Gasteiger partial charge is 0.417 e. The first kappa shape index (κ1) is 34.2. The lowest BCUT2D eigenvalue weighted by molar-refractivity contribution is -0.143. The number of imide groups is 1. The van der Waals surface area contributed by atoms with E-state index in [1.807, 2.05) is 4.90 Å². The van der Waals surface area contributed by atoms with Gasteiger partial charge in [-0.3, -0.25) is 9.59 Å². The molecule has 0 spiro atoms. The number of carbonyl (C=O) groups excluding carboxylic acids is 3. The largest absolute Gasteiger partial charge is 0.433 e. The van der Waals surface area contributed by atoms with Gasteiger partial charge in [0.15, 0.2) is 5.60 Å². The van der Waals surface area contributed by atoms with E-state index in [9.17, 15) is 45.1 Å². The van der Waals surface area contributed by atoms with Gasteiger partial charge in [0.05, 0.1) is 11.1 Å². The number of rotatable bonds is 8. The summed E-state index contributed by atoms with van der Waals surface area (Å²) in [6.07, 6.45) is -10.0. The van der Waals surface area contributed by atoms with Gasteiger partial charge in [-0.2, -0.15) is 26.3 Å². The highest BCUT2D eigenvalue weighted by atomic mass is 19.4. The zero-order valence-electron chi connectivity index (χ0n) is 25.2. The molecule has 2 aromatic carbocycles. The minimum Gasteiger partial charge on any atom is -0.433 e. The van der Waals surface area contributed by atoms with Gasteiger partial charge in [-0.1, -0.05) is 6.07 Å². The van der Waals surface area contributed by atoms with Crippen LogP contribution in [0.4, 0.5) is 35.5 Å². The monoisotopic (exact) mass is 645 g/mol. The molecule has 2 aliphatic heterocycles. The van der Waals surface area contributed by atoms with E-state index in [0.29, 0.717) is 55.7 Å². The number of hydrogen-bond donors (Lipinski definition) is 0. The maximum Gasteiger partial charge on any atom is 0.417 e. The van der Waals surface area contributed by atoms with Crippen LogP contribution in [0.15, 0.2) is 36.4 Å². The van der Waals surface area contributed by atoms with Crippen molar-refractivity contribution < 1.29 is 49.9 Å². The van der Waals surface area contributed by atoms with Crippen LogP contribution in [-0.2, 0) is 33.2 Å². The average Bonchev–Trinajstić information content (AvgIpc) is 3.12. The second-order valence-electron chi connectivity index (χ2n) is 12.1. The van der Waals surface area contributed by atoms with E-state index in [4.69, 9.17) is 4.74 Å². The lowest BCUT2D eigenvalue weighted by atomic mass is 9.78. The first-order chi connectivity index (χ1) is 20.8. The molecule has 246 valence electrons. The predicted octanol–water partition coefficient (Wildman–Crippen LogP) is 6.38. The molecule has 2 aliphatic rings. The lowest BCUT2D eigenvalue weighted by Gasteiger charge is -2.40. The van der Waals surface area contributed by atoms with Crippen LogP contribution in [0.2, 0.25) is 0 Å². The zero-order chi connectivity index (χ0) is 33.5. The fourth-order valence-electron chi connectivity index (χ4n) is 6.00. The summed E-state index contributed by atoms with van der Waals surface area (Å²) in [5, 5.41) is 0. The molecule has 2 unspecified atom stereocenters. The summed E-state index contributed by atoms with van der Waals surface area (Å²) in [5.41, 5.74) is -3.22. The normalized spacial score (nSPS) is 20.8. The number of ether oxygens (including phenoxy) is 1. The summed E-state index contributed by atoms with van der Waals surface area (Å²) in [7, 11) is 1.32. The molecule has 0 N–H and O–H groups in total. The van der Waals surface area contributed by atoms with Crippen LogP contribution in [-0.4, -0.2) is 71.4 Å². The van der Waals surface area contributed by atoms with Crippen molar-refractivity contribution in [1.82, 2.24) is 14.7 Å². The van der Waals surface area contributed by atoms with Crippen molar-refractivity contribution >= 4 is 17.9 Å². The summed E-state index contributed by atoms with van der Waals surface area (Å²) in [6, 6.07) is 5.41. The molecule has 2 atom stereocenters. The summed E-state index contributed by atoms with van der Waals surface area (Å²) in [4.78, 5) is 42.5. The van der Waals surface area contributed by atoms with Crippen LogP contribution in [0.5, 0.6) is 0 Å². The summed E-state index contributed by atoms with van der Waals surface area (Å²) in [6.45, 7) is 5.55. The zero-order valence-corrected chi connectivity index (χ0v) is 25.2. The number of piperidine rings is 1. The fourth-order valence-corrected chi connectivity index (χ4v) is 6.00. The molecule has 0 bridgehead atoms. The first-order valence-corrected chi connectivity index (χ1v) is 14.3. The van der Waals surface area contributed by atoms with Gasteiger partial charge in [0.25, 0.3) is 5.91 Å². The summed E-state index contributed by atoms with van der Waals surface area (Å²) < 4.78 is 99.4. The number of likely N-dealkylation sites (tertiary alicyclic amines) is 1. The van der Waals surface area contributed by atoms with Crippen molar-refractivity contribution in [3.63, 3.8) is 0 Å². The van der Waals surface area contributed by atoms with Crippen molar-refractivity contribution in [2.75, 3.05) is 33.2 Å². The van der Waals surface area contributed by atoms with Crippen LogP contribution in [0.25, 0.3) is 0 Å². The van der Waals surface area contributed by atoms with Gasteiger partial charge < -0.3 is 14.5 Å². The standard InChI is InChI=1S/C31H34F7N3O4/c1-18-12-22(32)6-7-23(18)25-17-40(9-5-10-41-27(43)29(2,3)45-28(41)44)11-8-24(25)26(42)39(4)16-19-13-20(30(33,34)35)15-21(14-19)31(36,37)38/h6-7,12-15,24-25H,5,8-11,16-17H2,1-4H3. The van der Waals surface area contributed by atoms with Gasteiger partial charge in [0.2, 0.25) is 5.91 Å². The molecule has 45 heavy (non-hydrogen) atoms. The number of cyclic esters (lactones) is 1. The van der Waals surface area contributed by atoms with Crippen LogP contribution in [0.3, 0.4) is 0 Å². The molecule has 3 amide bonds. The fraction of sp³-hybridized carbons (Fsp3) is 0.516. The highest BCUT2D eigenvalue weighted by molar-refractivity contribution is 6.02. The van der Waals surface area contributed by atoms with Crippen molar-refractivity contribution in [2.24, 2.45) is 5.92 Å². The SMILES string of the molecule is Cc1cc(F)ccc1C1CN(CCCN2C(=O)OC(C)(C)C2=O)CCC1C(=O)N(C)Cc1cc(C(F)(F)F)cc(C(F)(F)F)c1. The molecule has 2 saturated heterocycles. The van der Waals surface area contributed by atoms with E-state index >= 15 is 0 Å². The molecule has 14 heteroatoms. The Morgan fingerprint density at radius 1 is 1.00 bits per heavy atom. The summed E-state index contributed by atoms with van der Waals surface area (Å²) in [5.74, 6) is -2.55. The number of carbonyl (C=O) groups is 3. The number of aryl methyl sites for hydroxylation is 1. The van der Waals surface area contributed by atoms with Crippen LogP contribution in [0, 0.1) is 18.7 Å². The Bertz CT molecular complexity index is 1430. The van der Waals surface area contributed by atoms with Crippen molar-refractivity contribution in [1.29, 1.82) is 0 Å². The van der Waals surface area contributed by atoms with E-state index in [2.05, 4.69) is 0 Å². The highest BCUT2D eigenvalue weighted by Crippen LogP contribution is 2.38. The van der Waals surface area contributed by atoms with Crippen molar-refractivity contribution in [2.45, 2.75) is 64.0 Å². The second-order valence-corrected chi connectivity index (χ2v) is 12.1. The molecule has 2 fully saturated rings. The van der Waals surface area contributed by atoms with Gasteiger partial charge in [-0.15, -0.1) is 0 Å². The van der Waals surface area contributed by atoms with Crippen LogP contribution < -0.4 is 0 Å². The van der Waals surface area contributed by atoms with Gasteiger partial charge in [0.1, 0.15) is 5.82 Å². The minimum atomic E-state index is -5.02. The maximum atomic E-state index is 14.0. The van der Waals surface area contributed by atoms with Crippen LogP contribution >= 0.6 is 0 Å². The summed E-state index contributed by atoms with van der Waals surface area (Å²) >= 11 is 0. The Morgan fingerprint density at radius 2 is 1.62 bits per heavy atom. The molecule has 0 radical (unpaired) electrons. The molecule has 4 rings (SSSR count).